The molecule has 84 valence electrons. The van der Waals surface area contributed by atoms with E-state index in [9.17, 15) is 13.6 Å². The fraction of sp³-hybridized carbons (Fsp3) is 0.500. The molecule has 0 N–H and O–H groups in total. The molecule has 0 heterocycles. The summed E-state index contributed by atoms with van der Waals surface area (Å²) in [6.07, 6.45) is 3.49. The molecule has 0 aliphatic heterocycles. The second kappa shape index (κ2) is 5.72. The summed E-state index contributed by atoms with van der Waals surface area (Å²) < 4.78 is 33.5. The van der Waals surface area contributed by atoms with Crippen molar-refractivity contribution in [3.05, 3.63) is 23.8 Å². The summed E-state index contributed by atoms with van der Waals surface area (Å²) in [6.45, 7) is -0.745. The highest BCUT2D eigenvalue weighted by molar-refractivity contribution is 5.78. The topological polar surface area (TPSA) is 35.5 Å². The van der Waals surface area contributed by atoms with Crippen molar-refractivity contribution in [3.8, 4) is 0 Å². The van der Waals surface area contributed by atoms with Crippen molar-refractivity contribution >= 4 is 6.29 Å². The first-order chi connectivity index (χ1) is 7.17. The summed E-state index contributed by atoms with van der Waals surface area (Å²) in [5.74, 6) is 0. The highest BCUT2D eigenvalue weighted by Crippen LogP contribution is 2.18. The Labute approximate surface area is 86.4 Å². The fourth-order valence-electron chi connectivity index (χ4n) is 1.31. The molecule has 0 aromatic carbocycles. The molecule has 0 fully saturated rings. The van der Waals surface area contributed by atoms with Crippen LogP contribution in [-0.4, -0.2) is 31.7 Å². The quantitative estimate of drug-likeness (QED) is 0.659. The van der Waals surface area contributed by atoms with Crippen LogP contribution in [0, 0.1) is 0 Å². The van der Waals surface area contributed by atoms with Gasteiger partial charge < -0.3 is 9.47 Å². The minimum atomic E-state index is -2.85. The van der Waals surface area contributed by atoms with Crippen molar-refractivity contribution in [1.29, 1.82) is 0 Å². The van der Waals surface area contributed by atoms with E-state index in [4.69, 9.17) is 4.74 Å². The second-order valence-electron chi connectivity index (χ2n) is 2.92. The van der Waals surface area contributed by atoms with Gasteiger partial charge in [-0.2, -0.15) is 8.78 Å². The van der Waals surface area contributed by atoms with Crippen LogP contribution in [0.4, 0.5) is 8.78 Å². The molecule has 0 spiro atoms. The third-order valence-corrected chi connectivity index (χ3v) is 1.91. The Kier molecular flexibility index (Phi) is 4.58. The molecule has 0 radical (unpaired) electrons. The molecule has 0 amide bonds. The summed E-state index contributed by atoms with van der Waals surface area (Å²) in [4.78, 5) is 10.5. The van der Waals surface area contributed by atoms with Crippen LogP contribution in [0.1, 0.15) is 6.92 Å². The number of hydrogen-bond donors (Lipinski definition) is 0. The van der Waals surface area contributed by atoms with Gasteiger partial charge in [0.1, 0.15) is 18.5 Å². The normalized spacial score (nSPS) is 25.5. The Bertz CT molecular complexity index is 274. The zero-order chi connectivity index (χ0) is 11.3. The Morgan fingerprint density at radius 3 is 2.80 bits per heavy atom. The van der Waals surface area contributed by atoms with Crippen molar-refractivity contribution in [1.82, 2.24) is 0 Å². The van der Waals surface area contributed by atoms with Crippen LogP contribution in [0.25, 0.3) is 0 Å². The molecular weight excluding hydrogens is 206 g/mol. The van der Waals surface area contributed by atoms with Gasteiger partial charge in [0.25, 0.3) is 0 Å². The molecule has 1 rings (SSSR count). The van der Waals surface area contributed by atoms with Gasteiger partial charge in [-0.25, -0.2) is 0 Å². The number of rotatable bonds is 5. The summed E-state index contributed by atoms with van der Waals surface area (Å²) >= 11 is 0. The monoisotopic (exact) mass is 218 g/mol. The SMILES string of the molecule is CCOC1C=C(C=O)C=CC1OC(F)F. The maximum Gasteiger partial charge on any atom is 0.345 e. The lowest BCUT2D eigenvalue weighted by Gasteiger charge is -2.24. The van der Waals surface area contributed by atoms with E-state index in [0.717, 1.165) is 0 Å². The van der Waals surface area contributed by atoms with Gasteiger partial charge in [0.05, 0.1) is 0 Å². The van der Waals surface area contributed by atoms with Crippen LogP contribution in [0.2, 0.25) is 0 Å². The number of allylic oxidation sites excluding steroid dienone is 2. The van der Waals surface area contributed by atoms with Crippen molar-refractivity contribution < 1.29 is 23.0 Å². The van der Waals surface area contributed by atoms with Gasteiger partial charge in [0, 0.05) is 12.2 Å². The molecule has 5 heteroatoms. The molecule has 2 atom stereocenters. The van der Waals surface area contributed by atoms with Crippen LogP contribution < -0.4 is 0 Å². The first-order valence-corrected chi connectivity index (χ1v) is 4.57. The Morgan fingerprint density at radius 1 is 1.53 bits per heavy atom. The van der Waals surface area contributed by atoms with Gasteiger partial charge in [0.15, 0.2) is 0 Å². The van der Waals surface area contributed by atoms with Gasteiger partial charge in [-0.3, -0.25) is 4.79 Å². The average molecular weight is 218 g/mol. The van der Waals surface area contributed by atoms with Gasteiger partial charge in [-0.05, 0) is 13.0 Å². The number of hydrogen-bond acceptors (Lipinski definition) is 3. The molecular formula is C10H12F2O3. The van der Waals surface area contributed by atoms with Gasteiger partial charge in [0.2, 0.25) is 0 Å². The van der Waals surface area contributed by atoms with Gasteiger partial charge in [-0.15, -0.1) is 0 Å². The van der Waals surface area contributed by atoms with E-state index in [0.29, 0.717) is 18.5 Å². The van der Waals surface area contributed by atoms with E-state index in [-0.39, 0.29) is 0 Å². The lowest BCUT2D eigenvalue weighted by molar-refractivity contribution is -0.173. The van der Waals surface area contributed by atoms with E-state index >= 15 is 0 Å². The number of carbonyl (C=O) groups is 1. The highest BCUT2D eigenvalue weighted by Gasteiger charge is 2.24. The number of aldehydes is 1. The summed E-state index contributed by atoms with van der Waals surface area (Å²) in [7, 11) is 0. The summed E-state index contributed by atoms with van der Waals surface area (Å²) in [5.41, 5.74) is 0.405. The fourth-order valence-corrected chi connectivity index (χ4v) is 1.31. The van der Waals surface area contributed by atoms with E-state index in [1.165, 1.54) is 18.2 Å². The minimum Gasteiger partial charge on any atom is -0.371 e. The molecule has 1 aliphatic carbocycles. The first kappa shape index (κ1) is 12.0. The van der Waals surface area contributed by atoms with Crippen molar-refractivity contribution in [2.24, 2.45) is 0 Å². The zero-order valence-corrected chi connectivity index (χ0v) is 8.23. The minimum absolute atomic E-state index is 0.365. The third kappa shape index (κ3) is 3.53. The molecule has 0 saturated carbocycles. The van der Waals surface area contributed by atoms with Crippen molar-refractivity contribution in [3.63, 3.8) is 0 Å². The lowest BCUT2D eigenvalue weighted by atomic mass is 10.0. The second-order valence-corrected chi connectivity index (χ2v) is 2.92. The molecule has 3 nitrogen and oxygen atoms in total. The van der Waals surface area contributed by atoms with Crippen LogP contribution in [0.15, 0.2) is 23.8 Å². The Hall–Kier alpha value is -1.07. The van der Waals surface area contributed by atoms with E-state index in [2.05, 4.69) is 4.74 Å². The smallest absolute Gasteiger partial charge is 0.345 e. The molecule has 0 aromatic rings. The maximum atomic E-state index is 12.0. The molecule has 1 aliphatic rings. The number of alkyl halides is 2. The largest absolute Gasteiger partial charge is 0.371 e. The average Bonchev–Trinajstić information content (AvgIpc) is 2.20. The van der Waals surface area contributed by atoms with Crippen molar-refractivity contribution in [2.45, 2.75) is 25.7 Å². The first-order valence-electron chi connectivity index (χ1n) is 4.57. The van der Waals surface area contributed by atoms with Crippen LogP contribution in [-0.2, 0) is 14.3 Å². The van der Waals surface area contributed by atoms with E-state index in [1.807, 2.05) is 0 Å². The number of carbonyl (C=O) groups excluding carboxylic acids is 1. The zero-order valence-electron chi connectivity index (χ0n) is 8.23. The predicted molar refractivity (Wildman–Crippen MR) is 49.6 cm³/mol. The molecule has 0 bridgehead atoms. The molecule has 0 aromatic heterocycles. The Balaban J connectivity index is 2.68. The molecule has 2 unspecified atom stereocenters. The third-order valence-electron chi connectivity index (χ3n) is 1.91. The van der Waals surface area contributed by atoms with Crippen LogP contribution in [0.3, 0.4) is 0 Å². The Morgan fingerprint density at radius 2 is 2.27 bits per heavy atom. The van der Waals surface area contributed by atoms with E-state index < -0.39 is 18.8 Å². The molecule has 15 heavy (non-hydrogen) atoms. The van der Waals surface area contributed by atoms with Crippen LogP contribution in [0.5, 0.6) is 0 Å². The highest BCUT2D eigenvalue weighted by atomic mass is 19.3. The van der Waals surface area contributed by atoms with Gasteiger partial charge >= 0.3 is 6.61 Å². The lowest BCUT2D eigenvalue weighted by Crippen LogP contribution is -2.32. The van der Waals surface area contributed by atoms with E-state index in [1.54, 1.807) is 6.92 Å². The van der Waals surface area contributed by atoms with Crippen molar-refractivity contribution in [2.75, 3.05) is 6.61 Å². The number of halogens is 2. The summed E-state index contributed by atoms with van der Waals surface area (Å²) in [6, 6.07) is 0. The maximum absolute atomic E-state index is 12.0. The molecule has 0 saturated heterocycles. The standard InChI is InChI=1S/C10H12F2O3/c1-2-14-9-5-7(6-13)3-4-8(9)15-10(11)12/h3-6,8-10H,2H2,1H3. The van der Waals surface area contributed by atoms with Crippen LogP contribution >= 0.6 is 0 Å². The van der Waals surface area contributed by atoms with Gasteiger partial charge in [-0.1, -0.05) is 12.2 Å². The predicted octanol–water partition coefficient (Wildman–Crippen LogP) is 1.69. The number of ether oxygens (including phenoxy) is 2. The summed E-state index contributed by atoms with van der Waals surface area (Å²) in [5, 5.41) is 0.